The molecule has 0 aliphatic heterocycles. The normalized spacial score (nSPS) is 11.0. The number of aromatic nitrogens is 3. The van der Waals surface area contributed by atoms with Gasteiger partial charge in [0.2, 0.25) is 11.9 Å². The maximum absolute atomic E-state index is 9.29. The third-order valence-electron chi connectivity index (χ3n) is 3.05. The van der Waals surface area contributed by atoms with Crippen LogP contribution in [0.1, 0.15) is 40.5 Å². The molecule has 0 bridgehead atoms. The molecular weight excluding hydrogens is 272 g/mol. The Morgan fingerprint density at radius 2 is 1.90 bits per heavy atom. The van der Waals surface area contributed by atoms with Crippen LogP contribution in [0.25, 0.3) is 0 Å². The molecule has 1 rings (SSSR count). The summed E-state index contributed by atoms with van der Waals surface area (Å²) >= 11 is 0. The predicted molar refractivity (Wildman–Crippen MR) is 82.2 cm³/mol. The first kappa shape index (κ1) is 17.4. The molecule has 0 aromatic carbocycles. The van der Waals surface area contributed by atoms with Gasteiger partial charge in [0, 0.05) is 12.6 Å². The van der Waals surface area contributed by atoms with Crippen LogP contribution in [0.4, 0.5) is 11.9 Å². The number of hydrogen-bond acceptors (Lipinski definition) is 8. The number of nitrogens with zero attached hydrogens (tertiary/aromatic N) is 4. The Kier molecular flexibility index (Phi) is 7.10. The Labute approximate surface area is 125 Å². The number of hydrazine groups is 1. The molecule has 4 N–H and O–H groups in total. The Morgan fingerprint density at radius 3 is 2.38 bits per heavy atom. The van der Waals surface area contributed by atoms with Gasteiger partial charge in [-0.25, -0.2) is 5.84 Å². The number of hydrogen-bond donors (Lipinski definition) is 3. The molecule has 8 nitrogen and oxygen atoms in total. The van der Waals surface area contributed by atoms with Crippen LogP contribution in [0.5, 0.6) is 6.01 Å². The monoisotopic (exact) mass is 298 g/mol. The van der Waals surface area contributed by atoms with Gasteiger partial charge >= 0.3 is 6.01 Å². The molecule has 0 fully saturated rings. The van der Waals surface area contributed by atoms with E-state index in [2.05, 4.69) is 34.2 Å². The summed E-state index contributed by atoms with van der Waals surface area (Å²) in [4.78, 5) is 14.6. The first-order chi connectivity index (χ1) is 10.0. The summed E-state index contributed by atoms with van der Waals surface area (Å²) in [6.45, 7) is 8.44. The molecule has 21 heavy (non-hydrogen) atoms. The number of ether oxygens (including phenoxy) is 1. The summed E-state index contributed by atoms with van der Waals surface area (Å²) < 4.78 is 5.53. The Bertz CT molecular complexity index is 425. The molecular formula is C13H26N6O2. The SMILES string of the molecule is CCC(CC)N(CCO)c1nc(NN)nc(OC(C)C)n1. The molecule has 8 heteroatoms. The van der Waals surface area contributed by atoms with Crippen molar-refractivity contribution in [2.24, 2.45) is 5.84 Å². The van der Waals surface area contributed by atoms with E-state index in [4.69, 9.17) is 10.6 Å². The van der Waals surface area contributed by atoms with Crippen molar-refractivity contribution < 1.29 is 9.84 Å². The molecule has 0 atom stereocenters. The fraction of sp³-hybridized carbons (Fsp3) is 0.769. The highest BCUT2D eigenvalue weighted by Gasteiger charge is 2.20. The van der Waals surface area contributed by atoms with Gasteiger partial charge < -0.3 is 14.7 Å². The van der Waals surface area contributed by atoms with E-state index in [0.717, 1.165) is 12.8 Å². The van der Waals surface area contributed by atoms with Crippen molar-refractivity contribution in [3.8, 4) is 6.01 Å². The lowest BCUT2D eigenvalue weighted by molar-refractivity contribution is 0.221. The van der Waals surface area contributed by atoms with Crippen molar-refractivity contribution in [1.29, 1.82) is 0 Å². The number of aliphatic hydroxyl groups is 1. The van der Waals surface area contributed by atoms with Gasteiger partial charge in [0.05, 0.1) is 12.7 Å². The van der Waals surface area contributed by atoms with E-state index in [1.54, 1.807) is 0 Å². The van der Waals surface area contributed by atoms with E-state index in [-0.39, 0.29) is 30.7 Å². The minimum Gasteiger partial charge on any atom is -0.461 e. The number of nitrogen functional groups attached to an aromatic ring is 1. The van der Waals surface area contributed by atoms with Crippen molar-refractivity contribution in [3.63, 3.8) is 0 Å². The number of rotatable bonds is 9. The lowest BCUT2D eigenvalue weighted by Gasteiger charge is -2.30. The van der Waals surface area contributed by atoms with E-state index in [9.17, 15) is 5.11 Å². The second-order valence-corrected chi connectivity index (χ2v) is 4.94. The second-order valence-electron chi connectivity index (χ2n) is 4.94. The number of nitrogens with one attached hydrogen (secondary N) is 1. The van der Waals surface area contributed by atoms with Crippen LogP contribution < -0.4 is 20.9 Å². The Morgan fingerprint density at radius 1 is 1.24 bits per heavy atom. The lowest BCUT2D eigenvalue weighted by atomic mass is 10.1. The molecule has 1 aromatic heterocycles. The molecule has 0 aliphatic rings. The lowest BCUT2D eigenvalue weighted by Crippen LogP contribution is -2.38. The third-order valence-corrected chi connectivity index (χ3v) is 3.05. The van der Waals surface area contributed by atoms with E-state index >= 15 is 0 Å². The summed E-state index contributed by atoms with van der Waals surface area (Å²) in [7, 11) is 0. The standard InChI is InChI=1S/C13H26N6O2/c1-5-10(6-2)19(7-8-20)12-15-11(18-14)16-13(17-12)21-9(3)4/h9-10,20H,5-8,14H2,1-4H3,(H,15,16,17,18). The van der Waals surface area contributed by atoms with Crippen LogP contribution in [0.15, 0.2) is 0 Å². The molecule has 0 amide bonds. The molecule has 0 radical (unpaired) electrons. The highest BCUT2D eigenvalue weighted by Crippen LogP contribution is 2.20. The van der Waals surface area contributed by atoms with Crippen LogP contribution in [-0.2, 0) is 0 Å². The van der Waals surface area contributed by atoms with Crippen molar-refractivity contribution >= 4 is 11.9 Å². The number of anilines is 2. The van der Waals surface area contributed by atoms with Crippen LogP contribution in [0.2, 0.25) is 0 Å². The van der Waals surface area contributed by atoms with Crippen LogP contribution >= 0.6 is 0 Å². The highest BCUT2D eigenvalue weighted by molar-refractivity contribution is 5.38. The fourth-order valence-electron chi connectivity index (χ4n) is 2.09. The average Bonchev–Trinajstić information content (AvgIpc) is 2.46. The minimum atomic E-state index is -0.0506. The maximum Gasteiger partial charge on any atom is 0.323 e. The zero-order valence-corrected chi connectivity index (χ0v) is 13.2. The fourth-order valence-corrected chi connectivity index (χ4v) is 2.09. The Balaban J connectivity index is 3.15. The number of aliphatic hydroxyl groups excluding tert-OH is 1. The highest BCUT2D eigenvalue weighted by atomic mass is 16.5. The van der Waals surface area contributed by atoms with E-state index in [0.29, 0.717) is 12.5 Å². The van der Waals surface area contributed by atoms with Crippen molar-refractivity contribution in [3.05, 3.63) is 0 Å². The van der Waals surface area contributed by atoms with Crippen molar-refractivity contribution in [2.45, 2.75) is 52.7 Å². The van der Waals surface area contributed by atoms with Gasteiger partial charge in [-0.05, 0) is 26.7 Å². The molecule has 0 saturated heterocycles. The van der Waals surface area contributed by atoms with E-state index < -0.39 is 0 Å². The summed E-state index contributed by atoms with van der Waals surface area (Å²) in [5, 5.41) is 9.29. The van der Waals surface area contributed by atoms with Crippen LogP contribution in [-0.4, -0.2) is 45.4 Å². The molecule has 0 saturated carbocycles. The van der Waals surface area contributed by atoms with Gasteiger partial charge in [-0.3, -0.25) is 5.43 Å². The van der Waals surface area contributed by atoms with Gasteiger partial charge in [0.1, 0.15) is 0 Å². The Hall–Kier alpha value is -1.67. The summed E-state index contributed by atoms with van der Waals surface area (Å²) in [5.74, 6) is 6.10. The van der Waals surface area contributed by atoms with Gasteiger partial charge in [0.15, 0.2) is 0 Å². The van der Waals surface area contributed by atoms with Gasteiger partial charge in [0.25, 0.3) is 0 Å². The third kappa shape index (κ3) is 4.98. The molecule has 120 valence electrons. The zero-order chi connectivity index (χ0) is 15.8. The van der Waals surface area contributed by atoms with E-state index in [1.165, 1.54) is 0 Å². The van der Waals surface area contributed by atoms with Gasteiger partial charge in [-0.2, -0.15) is 15.0 Å². The molecule has 1 aromatic rings. The zero-order valence-electron chi connectivity index (χ0n) is 13.2. The first-order valence-electron chi connectivity index (χ1n) is 7.32. The summed E-state index contributed by atoms with van der Waals surface area (Å²) in [6.07, 6.45) is 1.80. The van der Waals surface area contributed by atoms with E-state index in [1.807, 2.05) is 18.7 Å². The molecule has 1 heterocycles. The molecule has 0 spiro atoms. The largest absolute Gasteiger partial charge is 0.461 e. The van der Waals surface area contributed by atoms with Crippen molar-refractivity contribution in [2.75, 3.05) is 23.5 Å². The predicted octanol–water partition coefficient (Wildman–Crippen LogP) is 0.932. The van der Waals surface area contributed by atoms with Gasteiger partial charge in [-0.1, -0.05) is 13.8 Å². The smallest absolute Gasteiger partial charge is 0.323 e. The summed E-state index contributed by atoms with van der Waals surface area (Å²) in [5.41, 5.74) is 2.42. The maximum atomic E-state index is 9.29. The molecule has 0 unspecified atom stereocenters. The number of nitrogens with two attached hydrogens (primary N) is 1. The topological polar surface area (TPSA) is 109 Å². The minimum absolute atomic E-state index is 0.0218. The first-order valence-corrected chi connectivity index (χ1v) is 7.32. The van der Waals surface area contributed by atoms with Crippen molar-refractivity contribution in [1.82, 2.24) is 15.0 Å². The van der Waals surface area contributed by atoms with Crippen LogP contribution in [0, 0.1) is 0 Å². The summed E-state index contributed by atoms with van der Waals surface area (Å²) in [6, 6.07) is 0.453. The van der Waals surface area contributed by atoms with Crippen LogP contribution in [0.3, 0.4) is 0 Å². The van der Waals surface area contributed by atoms with Gasteiger partial charge in [-0.15, -0.1) is 0 Å². The quantitative estimate of drug-likeness (QED) is 0.456. The second kappa shape index (κ2) is 8.58. The average molecular weight is 298 g/mol. The molecule has 0 aliphatic carbocycles.